The van der Waals surface area contributed by atoms with Gasteiger partial charge in [-0.1, -0.05) is 16.9 Å². The average Bonchev–Trinajstić information content (AvgIpc) is 3.42. The van der Waals surface area contributed by atoms with Crippen LogP contribution in [0.4, 0.5) is 5.13 Å². The topological polar surface area (TPSA) is 203 Å². The monoisotopic (exact) mass is 564 g/mol. The minimum Gasteiger partial charge on any atom is -0.550 e. The summed E-state index contributed by atoms with van der Waals surface area (Å²) in [5.74, 6) is -3.78. The molecule has 16 heteroatoms. The molecule has 0 bridgehead atoms. The van der Waals surface area contributed by atoms with E-state index in [2.05, 4.69) is 20.4 Å². The number of β-lactam (4-membered cyclic amide) rings is 1. The lowest BCUT2D eigenvalue weighted by molar-refractivity contribution is -0.305. The van der Waals surface area contributed by atoms with Crippen LogP contribution in [0.2, 0.25) is 0 Å². The highest BCUT2D eigenvalue weighted by molar-refractivity contribution is 8.01. The van der Waals surface area contributed by atoms with Gasteiger partial charge in [-0.25, -0.2) is 9.97 Å². The van der Waals surface area contributed by atoms with Crippen molar-refractivity contribution in [3.63, 3.8) is 0 Å². The van der Waals surface area contributed by atoms with Gasteiger partial charge in [-0.2, -0.15) is 0 Å². The predicted octanol–water partition coefficient (Wildman–Crippen LogP) is -1.58. The van der Waals surface area contributed by atoms with E-state index in [1.54, 1.807) is 6.92 Å². The van der Waals surface area contributed by atoms with Crippen LogP contribution in [-0.4, -0.2) is 69.3 Å². The number of aliphatic carboxylic acids is 2. The first-order valence-corrected chi connectivity index (χ1v) is 13.5. The molecule has 0 saturated carbocycles. The molecular formula is C21H20N6O7S3-2. The number of amides is 2. The molecule has 2 aliphatic heterocycles. The number of anilines is 1. The molecule has 2 aromatic rings. The largest absolute Gasteiger partial charge is 0.550 e. The third-order valence-electron chi connectivity index (χ3n) is 5.73. The minimum absolute atomic E-state index is 0.165. The second-order valence-electron chi connectivity index (χ2n) is 8.02. The molecule has 4 heterocycles. The lowest BCUT2D eigenvalue weighted by atomic mass is 9.83. The summed E-state index contributed by atoms with van der Waals surface area (Å²) in [5, 5.41) is 30.9. The molecule has 13 nitrogen and oxygen atoms in total. The number of fused-ring (bicyclic) bond motifs is 1. The van der Waals surface area contributed by atoms with Crippen molar-refractivity contribution in [3.05, 3.63) is 32.9 Å². The van der Waals surface area contributed by atoms with Crippen LogP contribution in [0.1, 0.15) is 29.1 Å². The molecule has 196 valence electrons. The van der Waals surface area contributed by atoms with Gasteiger partial charge in [-0.15, -0.1) is 22.7 Å². The van der Waals surface area contributed by atoms with Gasteiger partial charge < -0.3 is 40.6 Å². The van der Waals surface area contributed by atoms with Crippen LogP contribution < -0.4 is 21.3 Å². The first kappa shape index (κ1) is 26.6. The molecule has 1 saturated heterocycles. The van der Waals surface area contributed by atoms with E-state index >= 15 is 0 Å². The number of carbonyl (C=O) groups is 4. The summed E-state index contributed by atoms with van der Waals surface area (Å²) in [7, 11) is 1.26. The first-order valence-electron chi connectivity index (χ1n) is 10.8. The normalized spacial score (nSPS) is 19.4. The number of carboxylic acids is 2. The molecule has 0 radical (unpaired) electrons. The number of hydrogen-bond acceptors (Lipinski definition) is 14. The molecule has 4 rings (SSSR count). The van der Waals surface area contributed by atoms with Crippen molar-refractivity contribution >= 4 is 69.0 Å². The van der Waals surface area contributed by atoms with Crippen LogP contribution in [0.5, 0.6) is 0 Å². The molecule has 0 aliphatic carbocycles. The lowest BCUT2D eigenvalue weighted by Gasteiger charge is -2.51. The first-order chi connectivity index (χ1) is 17.6. The highest BCUT2D eigenvalue weighted by atomic mass is 32.2. The van der Waals surface area contributed by atoms with Crippen molar-refractivity contribution in [1.82, 2.24) is 20.2 Å². The number of nitrogens with zero attached hydrogens (tertiary/aromatic N) is 4. The summed E-state index contributed by atoms with van der Waals surface area (Å²) in [6.45, 7) is 1.69. The summed E-state index contributed by atoms with van der Waals surface area (Å²) in [6, 6.07) is -1.53. The number of carboxylic acid groups (broad SMARTS) is 2. The van der Waals surface area contributed by atoms with E-state index in [-0.39, 0.29) is 34.4 Å². The molecule has 2 aliphatic rings. The zero-order valence-electron chi connectivity index (χ0n) is 19.5. The van der Waals surface area contributed by atoms with Crippen molar-refractivity contribution < 1.29 is 34.2 Å². The van der Waals surface area contributed by atoms with Crippen molar-refractivity contribution in [2.75, 3.05) is 18.6 Å². The van der Waals surface area contributed by atoms with E-state index < -0.39 is 35.8 Å². The van der Waals surface area contributed by atoms with E-state index in [1.165, 1.54) is 35.6 Å². The number of aryl methyl sites for hydroxylation is 1. The predicted molar refractivity (Wildman–Crippen MR) is 130 cm³/mol. The van der Waals surface area contributed by atoms with E-state index in [4.69, 9.17) is 10.6 Å². The van der Waals surface area contributed by atoms with Crippen LogP contribution >= 0.6 is 34.4 Å². The Hall–Kier alpha value is -3.50. The maximum atomic E-state index is 12.9. The molecule has 2 aromatic heterocycles. The molecule has 2 atom stereocenters. The Morgan fingerprint density at radius 2 is 2.11 bits per heavy atom. The molecule has 2 amide bonds. The quantitative estimate of drug-likeness (QED) is 0.146. The van der Waals surface area contributed by atoms with Gasteiger partial charge in [0.1, 0.15) is 18.8 Å². The van der Waals surface area contributed by atoms with Crippen LogP contribution in [0.3, 0.4) is 0 Å². The fraction of sp³-hybridized carbons (Fsp3) is 0.381. The Morgan fingerprint density at radius 3 is 2.73 bits per heavy atom. The van der Waals surface area contributed by atoms with Gasteiger partial charge in [0, 0.05) is 28.4 Å². The number of hydrogen-bond donors (Lipinski definition) is 2. The van der Waals surface area contributed by atoms with Crippen molar-refractivity contribution in [1.29, 1.82) is 0 Å². The fourth-order valence-corrected chi connectivity index (χ4v) is 6.90. The molecule has 3 N–H and O–H groups in total. The Kier molecular flexibility index (Phi) is 7.79. The Labute approximate surface area is 222 Å². The van der Waals surface area contributed by atoms with Crippen molar-refractivity contribution in [2.45, 2.75) is 42.6 Å². The summed E-state index contributed by atoms with van der Waals surface area (Å²) >= 11 is 3.56. The molecule has 1 fully saturated rings. The second kappa shape index (κ2) is 10.9. The minimum atomic E-state index is -1.49. The third-order valence-corrected chi connectivity index (χ3v) is 8.79. The highest BCUT2D eigenvalue weighted by Crippen LogP contribution is 2.39. The van der Waals surface area contributed by atoms with Gasteiger partial charge in [-0.05, 0) is 25.3 Å². The number of nitrogens with two attached hydrogens (primary N) is 1. The smallest absolute Gasteiger partial charge is 0.276 e. The number of oxime groups is 1. The fourth-order valence-electron chi connectivity index (χ4n) is 4.08. The Balaban J connectivity index is 1.47. The molecule has 0 unspecified atom stereocenters. The maximum Gasteiger partial charge on any atom is 0.276 e. The molecule has 0 aromatic carbocycles. The highest BCUT2D eigenvalue weighted by Gasteiger charge is 2.52. The van der Waals surface area contributed by atoms with Crippen LogP contribution in [0.15, 0.2) is 26.1 Å². The van der Waals surface area contributed by atoms with Gasteiger partial charge >= 0.3 is 0 Å². The Morgan fingerprint density at radius 1 is 1.35 bits per heavy atom. The van der Waals surface area contributed by atoms with E-state index in [0.29, 0.717) is 33.3 Å². The number of nitrogens with one attached hydrogen (secondary N) is 1. The van der Waals surface area contributed by atoms with Gasteiger partial charge in [0.25, 0.3) is 11.8 Å². The number of carbonyl (C=O) groups excluding carboxylic acids is 4. The number of rotatable bonds is 10. The molecule has 0 spiro atoms. The van der Waals surface area contributed by atoms with Crippen LogP contribution in [0.25, 0.3) is 0 Å². The zero-order chi connectivity index (χ0) is 26.9. The summed E-state index contributed by atoms with van der Waals surface area (Å²) < 4.78 is 0.578. The standard InChI is InChI=1S/C21H22N6O7S3/c1-8-12(5-13(28)29)37-21(23-8)36-6-9-3-4-11-15(18(31)27(11)16(9)19(32)33)25-17(30)14(26-34-2)10-7-35-20(22)24-10/h7,11,15H,3-6H2,1-2H3,(H2,22,24)(H,25,30)(H,28,29)(H,32,33)/p-2/b26-14-/t11-,15+/m1/s1. The number of aromatic nitrogens is 2. The Bertz CT molecular complexity index is 1330. The van der Waals surface area contributed by atoms with Crippen molar-refractivity contribution in [2.24, 2.45) is 5.16 Å². The second-order valence-corrected chi connectivity index (χ2v) is 11.2. The van der Waals surface area contributed by atoms with E-state index in [0.717, 1.165) is 16.2 Å². The van der Waals surface area contributed by atoms with Crippen LogP contribution in [0, 0.1) is 6.92 Å². The molecule has 37 heavy (non-hydrogen) atoms. The summed E-state index contributed by atoms with van der Waals surface area (Å²) in [4.78, 5) is 63.5. The number of nitrogen functional groups attached to an aromatic ring is 1. The maximum absolute atomic E-state index is 12.9. The van der Waals surface area contributed by atoms with Gasteiger partial charge in [0.2, 0.25) is 0 Å². The van der Waals surface area contributed by atoms with Crippen molar-refractivity contribution in [3.8, 4) is 0 Å². The third kappa shape index (κ3) is 5.45. The molecular weight excluding hydrogens is 544 g/mol. The number of thioether (sulfide) groups is 1. The lowest BCUT2D eigenvalue weighted by Crippen LogP contribution is -2.72. The van der Waals surface area contributed by atoms with Gasteiger partial charge in [0.05, 0.1) is 23.4 Å². The number of thiazole rings is 2. The van der Waals surface area contributed by atoms with E-state index in [9.17, 15) is 29.4 Å². The van der Waals surface area contributed by atoms with E-state index in [1.807, 2.05) is 0 Å². The zero-order valence-corrected chi connectivity index (χ0v) is 22.0. The summed E-state index contributed by atoms with van der Waals surface area (Å²) in [5.41, 5.74) is 6.49. The van der Waals surface area contributed by atoms with Gasteiger partial charge in [-0.3, -0.25) is 9.59 Å². The van der Waals surface area contributed by atoms with Crippen LogP contribution in [-0.2, 0) is 30.4 Å². The average molecular weight is 565 g/mol. The SMILES string of the molecule is CO/N=C(\C(=O)N[C@@H]1C(=O)N2C(C(=O)[O-])=C(CSc3nc(C)c(CC(=O)[O-])s3)CC[C@H]12)c1csc(N)n1. The van der Waals surface area contributed by atoms with Gasteiger partial charge in [0.15, 0.2) is 15.2 Å². The summed E-state index contributed by atoms with van der Waals surface area (Å²) in [6.07, 6.45) is 0.520.